The lowest BCUT2D eigenvalue weighted by atomic mass is 9.88. The van der Waals surface area contributed by atoms with Crippen LogP contribution in [0.2, 0.25) is 0 Å². The summed E-state index contributed by atoms with van der Waals surface area (Å²) in [5.74, 6) is 0.162. The van der Waals surface area contributed by atoms with Crippen molar-refractivity contribution in [1.82, 2.24) is 0 Å². The molecule has 1 atom stereocenters. The number of amidine groups is 1. The van der Waals surface area contributed by atoms with E-state index in [1.165, 1.54) is 31.0 Å². The summed E-state index contributed by atoms with van der Waals surface area (Å²) in [6, 6.07) is 11.6. The highest BCUT2D eigenvalue weighted by Gasteiger charge is 2.29. The quantitative estimate of drug-likeness (QED) is 0.856. The molecule has 2 aromatic rings. The molecule has 1 aliphatic rings. The molecule has 1 unspecified atom stereocenters. The van der Waals surface area contributed by atoms with Crippen molar-refractivity contribution in [2.24, 2.45) is 10.7 Å². The Morgan fingerprint density at radius 2 is 2.15 bits per heavy atom. The number of carbonyl (C=O) groups excluding carboxylic acids is 1. The molecule has 3 rings (SSSR count). The van der Waals surface area contributed by atoms with Gasteiger partial charge in [-0.25, -0.2) is 4.39 Å². The molecular weight excluding hydrogens is 353 g/mol. The van der Waals surface area contributed by atoms with Crippen LogP contribution in [0.4, 0.5) is 10.1 Å². The van der Waals surface area contributed by atoms with E-state index in [2.05, 4.69) is 10.3 Å². The van der Waals surface area contributed by atoms with Crippen LogP contribution in [0.15, 0.2) is 47.5 Å². The lowest BCUT2D eigenvalue weighted by molar-refractivity contribution is 0.102. The van der Waals surface area contributed by atoms with E-state index in [1.807, 2.05) is 25.1 Å². The average molecular weight is 373 g/mol. The van der Waals surface area contributed by atoms with E-state index >= 15 is 0 Å². The van der Waals surface area contributed by atoms with E-state index in [0.717, 1.165) is 17.7 Å². The van der Waals surface area contributed by atoms with E-state index in [9.17, 15) is 9.18 Å². The van der Waals surface area contributed by atoms with Gasteiger partial charge in [-0.05, 0) is 43.2 Å². The number of amides is 1. The Hall–Kier alpha value is -2.54. The van der Waals surface area contributed by atoms with Gasteiger partial charge in [-0.15, -0.1) is 0 Å². The van der Waals surface area contributed by atoms with E-state index in [0.29, 0.717) is 16.4 Å². The van der Waals surface area contributed by atoms with Crippen LogP contribution in [0.5, 0.6) is 5.75 Å². The Morgan fingerprint density at radius 1 is 1.35 bits per heavy atom. The Kier molecular flexibility index (Phi) is 5.18. The van der Waals surface area contributed by atoms with Gasteiger partial charge in [0.15, 0.2) is 16.7 Å². The summed E-state index contributed by atoms with van der Waals surface area (Å²) in [7, 11) is 1.39. The highest BCUT2D eigenvalue weighted by atomic mass is 32.2. The van der Waals surface area contributed by atoms with E-state index in [1.54, 1.807) is 12.1 Å². The van der Waals surface area contributed by atoms with Crippen LogP contribution in [0, 0.1) is 5.82 Å². The number of methoxy groups -OCH3 is 1. The minimum Gasteiger partial charge on any atom is -0.494 e. The molecular formula is C19H20FN3O2S. The highest BCUT2D eigenvalue weighted by Crippen LogP contribution is 2.35. The fourth-order valence-electron chi connectivity index (χ4n) is 2.84. The van der Waals surface area contributed by atoms with Gasteiger partial charge in [0.2, 0.25) is 0 Å². The summed E-state index contributed by atoms with van der Waals surface area (Å²) in [5.41, 5.74) is 7.19. The summed E-state index contributed by atoms with van der Waals surface area (Å²) in [5, 5.41) is 3.26. The number of aliphatic imine (C=N–C) groups is 1. The molecule has 0 aliphatic carbocycles. The molecule has 26 heavy (non-hydrogen) atoms. The molecule has 0 saturated carbocycles. The maximum atomic E-state index is 13.8. The van der Waals surface area contributed by atoms with Gasteiger partial charge in [0.25, 0.3) is 5.91 Å². The van der Waals surface area contributed by atoms with E-state index < -0.39 is 11.4 Å². The first-order valence-electron chi connectivity index (χ1n) is 8.15. The molecule has 7 heteroatoms. The first-order chi connectivity index (χ1) is 12.4. The van der Waals surface area contributed by atoms with Crippen molar-refractivity contribution in [3.8, 4) is 5.75 Å². The SMILES string of the molecule is COc1ccc(NC(=O)c2cccc(C3(C)CCSC(N)=N3)c2)cc1F. The highest BCUT2D eigenvalue weighted by molar-refractivity contribution is 8.13. The van der Waals surface area contributed by atoms with Gasteiger partial charge in [0.1, 0.15) is 0 Å². The topological polar surface area (TPSA) is 76.7 Å². The first-order valence-corrected chi connectivity index (χ1v) is 9.13. The second-order valence-electron chi connectivity index (χ2n) is 6.21. The molecule has 0 spiro atoms. The number of halogens is 1. The van der Waals surface area contributed by atoms with Crippen molar-refractivity contribution in [2.45, 2.75) is 18.9 Å². The monoisotopic (exact) mass is 373 g/mol. The number of anilines is 1. The van der Waals surface area contributed by atoms with Crippen molar-refractivity contribution in [3.05, 3.63) is 59.4 Å². The predicted octanol–water partition coefficient (Wildman–Crippen LogP) is 3.75. The Bertz CT molecular complexity index is 872. The Morgan fingerprint density at radius 3 is 2.85 bits per heavy atom. The van der Waals surface area contributed by atoms with Crippen LogP contribution >= 0.6 is 11.8 Å². The van der Waals surface area contributed by atoms with Gasteiger partial charge in [-0.2, -0.15) is 0 Å². The summed E-state index contributed by atoms with van der Waals surface area (Å²) in [4.78, 5) is 17.1. The Balaban J connectivity index is 1.83. The van der Waals surface area contributed by atoms with Gasteiger partial charge in [-0.1, -0.05) is 23.9 Å². The normalized spacial score (nSPS) is 19.6. The van der Waals surface area contributed by atoms with Gasteiger partial charge >= 0.3 is 0 Å². The molecule has 3 N–H and O–H groups in total. The van der Waals surface area contributed by atoms with Crippen LogP contribution in [0.3, 0.4) is 0 Å². The second kappa shape index (κ2) is 7.37. The summed E-state index contributed by atoms with van der Waals surface area (Å²) in [6.45, 7) is 2.01. The summed E-state index contributed by atoms with van der Waals surface area (Å²) in [6.07, 6.45) is 0.840. The third-order valence-corrected chi connectivity index (χ3v) is 5.15. The zero-order chi connectivity index (χ0) is 18.7. The van der Waals surface area contributed by atoms with E-state index in [-0.39, 0.29) is 11.7 Å². The Labute approximate surface area is 155 Å². The number of nitrogens with zero attached hydrogens (tertiary/aromatic N) is 1. The number of carbonyl (C=O) groups is 1. The number of hydrogen-bond donors (Lipinski definition) is 2. The van der Waals surface area contributed by atoms with E-state index in [4.69, 9.17) is 10.5 Å². The number of rotatable bonds is 4. The minimum atomic E-state index is -0.531. The molecule has 0 saturated heterocycles. The molecule has 5 nitrogen and oxygen atoms in total. The largest absolute Gasteiger partial charge is 0.494 e. The third kappa shape index (κ3) is 3.83. The van der Waals surface area contributed by atoms with Gasteiger partial charge in [-0.3, -0.25) is 9.79 Å². The van der Waals surface area contributed by atoms with Crippen LogP contribution < -0.4 is 15.8 Å². The molecule has 0 fully saturated rings. The zero-order valence-corrected chi connectivity index (χ0v) is 15.4. The fourth-order valence-corrected chi connectivity index (χ4v) is 3.81. The molecule has 0 aromatic heterocycles. The summed E-state index contributed by atoms with van der Waals surface area (Å²) >= 11 is 1.53. The molecule has 0 radical (unpaired) electrons. The van der Waals surface area contributed by atoms with Gasteiger partial charge in [0.05, 0.1) is 12.6 Å². The van der Waals surface area contributed by atoms with Crippen LogP contribution in [0.25, 0.3) is 0 Å². The molecule has 136 valence electrons. The van der Waals surface area contributed by atoms with Crippen molar-refractivity contribution in [2.75, 3.05) is 18.2 Å². The van der Waals surface area contributed by atoms with Crippen LogP contribution in [-0.2, 0) is 5.54 Å². The molecule has 0 bridgehead atoms. The number of ether oxygens (including phenoxy) is 1. The molecule has 2 aromatic carbocycles. The fraction of sp³-hybridized carbons (Fsp3) is 0.263. The van der Waals surface area contributed by atoms with Crippen molar-refractivity contribution in [1.29, 1.82) is 0 Å². The van der Waals surface area contributed by atoms with Crippen LogP contribution in [0.1, 0.15) is 29.3 Å². The maximum absolute atomic E-state index is 13.8. The summed E-state index contributed by atoms with van der Waals surface area (Å²) < 4.78 is 18.7. The zero-order valence-electron chi connectivity index (χ0n) is 14.6. The van der Waals surface area contributed by atoms with Crippen molar-refractivity contribution >= 4 is 28.5 Å². The maximum Gasteiger partial charge on any atom is 0.255 e. The number of thioether (sulfide) groups is 1. The number of nitrogens with two attached hydrogens (primary N) is 1. The lowest BCUT2D eigenvalue weighted by Crippen LogP contribution is -2.29. The van der Waals surface area contributed by atoms with Gasteiger partial charge in [0, 0.05) is 23.1 Å². The van der Waals surface area contributed by atoms with Crippen molar-refractivity contribution < 1.29 is 13.9 Å². The lowest BCUT2D eigenvalue weighted by Gasteiger charge is -2.30. The third-order valence-electron chi connectivity index (χ3n) is 4.35. The molecule has 1 heterocycles. The number of benzene rings is 2. The first kappa shape index (κ1) is 18.3. The van der Waals surface area contributed by atoms with Crippen LogP contribution in [-0.4, -0.2) is 23.9 Å². The molecule has 1 aliphatic heterocycles. The second-order valence-corrected chi connectivity index (χ2v) is 7.32. The van der Waals surface area contributed by atoms with Crippen molar-refractivity contribution in [3.63, 3.8) is 0 Å². The standard InChI is InChI=1S/C19H20FN3O2S/c1-19(8-9-26-18(21)23-19)13-5-3-4-12(10-13)17(24)22-14-6-7-16(25-2)15(20)11-14/h3-7,10-11H,8-9H2,1-2H3,(H2,21,23)(H,22,24). The molecule has 1 amide bonds. The smallest absolute Gasteiger partial charge is 0.255 e. The number of hydrogen-bond acceptors (Lipinski definition) is 5. The number of nitrogens with one attached hydrogen (secondary N) is 1. The predicted molar refractivity (Wildman–Crippen MR) is 103 cm³/mol. The average Bonchev–Trinajstić information content (AvgIpc) is 2.62. The van der Waals surface area contributed by atoms with Gasteiger partial charge < -0.3 is 15.8 Å². The minimum absolute atomic E-state index is 0.128.